The fourth-order valence-corrected chi connectivity index (χ4v) is 3.18. The molecule has 1 fully saturated rings. The van der Waals surface area contributed by atoms with Crippen molar-refractivity contribution >= 4 is 27.8 Å². The average molecular weight is 340 g/mol. The molecule has 1 atom stereocenters. The average Bonchev–Trinajstić information content (AvgIpc) is 2.38. The number of carboxylic acid groups (broad SMARTS) is 1. The van der Waals surface area contributed by atoms with Crippen molar-refractivity contribution in [3.8, 4) is 0 Å². The van der Waals surface area contributed by atoms with Crippen molar-refractivity contribution in [1.29, 1.82) is 0 Å². The molecule has 0 aromatic heterocycles. The molecule has 5 heteroatoms. The van der Waals surface area contributed by atoms with Crippen molar-refractivity contribution in [2.75, 3.05) is 6.54 Å². The number of halogens is 1. The van der Waals surface area contributed by atoms with Crippen LogP contribution in [0.15, 0.2) is 22.7 Å². The first-order valence-electron chi connectivity index (χ1n) is 6.78. The van der Waals surface area contributed by atoms with Crippen molar-refractivity contribution in [3.05, 3.63) is 33.8 Å². The minimum Gasteiger partial charge on any atom is -0.481 e. The first-order valence-corrected chi connectivity index (χ1v) is 7.57. The van der Waals surface area contributed by atoms with Crippen LogP contribution in [-0.4, -0.2) is 34.5 Å². The number of carbonyl (C=O) groups is 2. The van der Waals surface area contributed by atoms with Gasteiger partial charge in [0.1, 0.15) is 0 Å². The Hall–Kier alpha value is -1.36. The minimum atomic E-state index is -0.845. The highest BCUT2D eigenvalue weighted by molar-refractivity contribution is 9.10. The van der Waals surface area contributed by atoms with Gasteiger partial charge in [0.25, 0.3) is 5.91 Å². The van der Waals surface area contributed by atoms with Crippen molar-refractivity contribution in [2.24, 2.45) is 0 Å². The second-order valence-corrected chi connectivity index (χ2v) is 6.12. The maximum absolute atomic E-state index is 12.6. The summed E-state index contributed by atoms with van der Waals surface area (Å²) in [4.78, 5) is 25.3. The fourth-order valence-electron chi connectivity index (χ4n) is 2.70. The Labute approximate surface area is 126 Å². The van der Waals surface area contributed by atoms with Crippen LogP contribution >= 0.6 is 15.9 Å². The lowest BCUT2D eigenvalue weighted by Crippen LogP contribution is -2.45. The fraction of sp³-hybridized carbons (Fsp3) is 0.467. The van der Waals surface area contributed by atoms with Crippen LogP contribution in [0.4, 0.5) is 0 Å². The molecule has 1 aromatic rings. The zero-order valence-corrected chi connectivity index (χ0v) is 13.0. The van der Waals surface area contributed by atoms with E-state index >= 15 is 0 Å². The molecule has 0 spiro atoms. The van der Waals surface area contributed by atoms with Gasteiger partial charge in [0.05, 0.1) is 6.42 Å². The van der Waals surface area contributed by atoms with Gasteiger partial charge >= 0.3 is 5.97 Å². The third kappa shape index (κ3) is 3.39. The van der Waals surface area contributed by atoms with Crippen molar-refractivity contribution in [2.45, 2.75) is 38.6 Å². The van der Waals surface area contributed by atoms with Gasteiger partial charge in [0, 0.05) is 22.6 Å². The van der Waals surface area contributed by atoms with Gasteiger partial charge < -0.3 is 10.0 Å². The number of aliphatic carboxylic acids is 1. The number of rotatable bonds is 3. The Balaban J connectivity index is 2.22. The number of hydrogen-bond donors (Lipinski definition) is 1. The molecule has 0 radical (unpaired) electrons. The summed E-state index contributed by atoms with van der Waals surface area (Å²) in [6, 6.07) is 5.37. The molecule has 2 rings (SSSR count). The second-order valence-electron chi connectivity index (χ2n) is 5.21. The largest absolute Gasteiger partial charge is 0.481 e. The number of aryl methyl sites for hydroxylation is 1. The summed E-state index contributed by atoms with van der Waals surface area (Å²) in [7, 11) is 0. The van der Waals surface area contributed by atoms with Crippen molar-refractivity contribution in [3.63, 3.8) is 0 Å². The number of likely N-dealkylation sites (tertiary alicyclic amines) is 1. The van der Waals surface area contributed by atoms with Gasteiger partial charge in [-0.05, 0) is 49.9 Å². The van der Waals surface area contributed by atoms with Gasteiger partial charge in [-0.25, -0.2) is 0 Å². The zero-order chi connectivity index (χ0) is 14.7. The van der Waals surface area contributed by atoms with E-state index in [0.717, 1.165) is 29.3 Å². The summed E-state index contributed by atoms with van der Waals surface area (Å²) >= 11 is 3.38. The third-order valence-electron chi connectivity index (χ3n) is 3.72. The van der Waals surface area contributed by atoms with Crippen LogP contribution in [0.5, 0.6) is 0 Å². The molecule has 1 amide bonds. The predicted molar refractivity (Wildman–Crippen MR) is 79.8 cm³/mol. The van der Waals surface area contributed by atoms with Crippen LogP contribution in [-0.2, 0) is 4.79 Å². The highest BCUT2D eigenvalue weighted by Crippen LogP contribution is 2.24. The summed E-state index contributed by atoms with van der Waals surface area (Å²) in [6.07, 6.45) is 2.73. The van der Waals surface area contributed by atoms with Crippen LogP contribution in [0.25, 0.3) is 0 Å². The molecule has 1 aliphatic heterocycles. The van der Waals surface area contributed by atoms with Crippen LogP contribution in [0.2, 0.25) is 0 Å². The second kappa shape index (κ2) is 6.39. The van der Waals surface area contributed by atoms with Gasteiger partial charge in [-0.3, -0.25) is 9.59 Å². The number of carbonyl (C=O) groups excluding carboxylic acids is 1. The summed E-state index contributed by atoms with van der Waals surface area (Å²) < 4.78 is 0.937. The maximum atomic E-state index is 12.6. The van der Waals surface area contributed by atoms with Crippen LogP contribution in [0, 0.1) is 6.92 Å². The third-order valence-corrected chi connectivity index (χ3v) is 4.21. The monoisotopic (exact) mass is 339 g/mol. The van der Waals surface area contributed by atoms with E-state index in [2.05, 4.69) is 15.9 Å². The van der Waals surface area contributed by atoms with Gasteiger partial charge in [-0.2, -0.15) is 0 Å². The number of benzene rings is 1. The van der Waals surface area contributed by atoms with E-state index < -0.39 is 5.97 Å². The number of amides is 1. The van der Waals surface area contributed by atoms with E-state index in [-0.39, 0.29) is 18.4 Å². The minimum absolute atomic E-state index is 0.0291. The predicted octanol–water partition coefficient (Wildman–Crippen LogP) is 3.23. The van der Waals surface area contributed by atoms with Gasteiger partial charge in [0.2, 0.25) is 0 Å². The molecule has 1 aliphatic rings. The summed E-state index contributed by atoms with van der Waals surface area (Å²) in [5.41, 5.74) is 1.56. The SMILES string of the molecule is Cc1cc(Br)ccc1C(=O)N1CCCCC1CC(=O)O. The van der Waals surface area contributed by atoms with E-state index in [0.29, 0.717) is 12.1 Å². The standard InChI is InChI=1S/C15H18BrNO3/c1-10-8-11(16)5-6-13(10)15(20)17-7-3-2-4-12(17)9-14(18)19/h5-6,8,12H,2-4,7,9H2,1H3,(H,18,19). The molecule has 108 valence electrons. The molecule has 1 heterocycles. The molecule has 1 saturated heterocycles. The molecule has 1 unspecified atom stereocenters. The molecule has 1 N–H and O–H groups in total. The molecule has 4 nitrogen and oxygen atoms in total. The number of carboxylic acids is 1. The molecule has 0 aliphatic carbocycles. The van der Waals surface area contributed by atoms with E-state index in [1.54, 1.807) is 11.0 Å². The number of nitrogens with zero attached hydrogens (tertiary/aromatic N) is 1. The Kier molecular flexibility index (Phi) is 4.81. The highest BCUT2D eigenvalue weighted by atomic mass is 79.9. The normalized spacial score (nSPS) is 18.9. The zero-order valence-electron chi connectivity index (χ0n) is 11.4. The van der Waals surface area contributed by atoms with Crippen LogP contribution in [0.1, 0.15) is 41.6 Å². The van der Waals surface area contributed by atoms with E-state index in [9.17, 15) is 9.59 Å². The van der Waals surface area contributed by atoms with E-state index in [1.807, 2.05) is 19.1 Å². The molecule has 0 bridgehead atoms. The Morgan fingerprint density at radius 3 is 2.80 bits per heavy atom. The highest BCUT2D eigenvalue weighted by Gasteiger charge is 2.29. The quantitative estimate of drug-likeness (QED) is 0.919. The number of hydrogen-bond acceptors (Lipinski definition) is 2. The van der Waals surface area contributed by atoms with Crippen LogP contribution < -0.4 is 0 Å². The maximum Gasteiger partial charge on any atom is 0.305 e. The molecule has 0 saturated carbocycles. The first kappa shape index (κ1) is 15.0. The summed E-state index contributed by atoms with van der Waals surface area (Å²) in [6.45, 7) is 2.54. The topological polar surface area (TPSA) is 57.6 Å². The Morgan fingerprint density at radius 2 is 2.15 bits per heavy atom. The first-order chi connectivity index (χ1) is 9.49. The number of piperidine rings is 1. The molecular formula is C15H18BrNO3. The Morgan fingerprint density at radius 1 is 1.40 bits per heavy atom. The van der Waals surface area contributed by atoms with Gasteiger partial charge in [0.15, 0.2) is 0 Å². The van der Waals surface area contributed by atoms with Gasteiger partial charge in [-0.15, -0.1) is 0 Å². The lowest BCUT2D eigenvalue weighted by atomic mass is 9.97. The van der Waals surface area contributed by atoms with Crippen molar-refractivity contribution in [1.82, 2.24) is 4.90 Å². The van der Waals surface area contributed by atoms with Crippen molar-refractivity contribution < 1.29 is 14.7 Å². The summed E-state index contributed by atoms with van der Waals surface area (Å²) in [5.74, 6) is -0.900. The van der Waals surface area contributed by atoms with E-state index in [4.69, 9.17) is 5.11 Å². The summed E-state index contributed by atoms with van der Waals surface area (Å²) in [5, 5.41) is 8.98. The Bertz CT molecular complexity index is 530. The van der Waals surface area contributed by atoms with Crippen LogP contribution in [0.3, 0.4) is 0 Å². The smallest absolute Gasteiger partial charge is 0.305 e. The van der Waals surface area contributed by atoms with Gasteiger partial charge in [-0.1, -0.05) is 15.9 Å². The lowest BCUT2D eigenvalue weighted by molar-refractivity contribution is -0.138. The lowest BCUT2D eigenvalue weighted by Gasteiger charge is -2.35. The molecular weight excluding hydrogens is 322 g/mol. The molecule has 1 aromatic carbocycles. The van der Waals surface area contributed by atoms with E-state index in [1.165, 1.54) is 0 Å². The molecule has 20 heavy (non-hydrogen) atoms.